The summed E-state index contributed by atoms with van der Waals surface area (Å²) in [4.78, 5) is 4.28. The number of nitrogens with zero attached hydrogens (tertiary/aromatic N) is 1. The molecule has 0 aliphatic heterocycles. The molecule has 0 bridgehead atoms. The van der Waals surface area contributed by atoms with Gasteiger partial charge in [0.15, 0.2) is 0 Å². The molecule has 1 heterocycles. The Morgan fingerprint density at radius 3 is 2.80 bits per heavy atom. The molecule has 1 aliphatic rings. The Balaban J connectivity index is 2.22. The monoisotopic (exact) mass is 315 g/mol. The summed E-state index contributed by atoms with van der Waals surface area (Å²) in [6, 6.07) is 3.23. The fraction of sp³-hybridized carbons (Fsp3) is 0.615. The number of rotatable bonds is 5. The molecular weight excluding hydrogens is 294 g/mol. The lowest BCUT2D eigenvalue weighted by molar-refractivity contribution is 0.423. The summed E-state index contributed by atoms with van der Waals surface area (Å²) in [6.07, 6.45) is 7.85. The molecule has 0 saturated heterocycles. The van der Waals surface area contributed by atoms with Gasteiger partial charge < -0.3 is 5.32 Å². The zero-order chi connectivity index (χ0) is 14.6. The first-order chi connectivity index (χ1) is 9.58. The maximum atomic E-state index is 12.5. The molecule has 0 aromatic carbocycles. The minimum atomic E-state index is -3.53. The number of sulfonamides is 1. The van der Waals surface area contributed by atoms with E-state index in [1.807, 2.05) is 6.26 Å². The van der Waals surface area contributed by atoms with Crippen LogP contribution in [0, 0.1) is 0 Å². The molecule has 2 atom stereocenters. The SMILES string of the molecule is CNc1ncccc1S(=O)(=O)NC1CCCCC1SC. The molecule has 2 N–H and O–H groups in total. The van der Waals surface area contributed by atoms with Crippen molar-refractivity contribution in [2.24, 2.45) is 0 Å². The second kappa shape index (κ2) is 6.78. The van der Waals surface area contributed by atoms with Crippen molar-refractivity contribution in [2.75, 3.05) is 18.6 Å². The van der Waals surface area contributed by atoms with Crippen LogP contribution in [0.2, 0.25) is 0 Å². The molecule has 1 aromatic heterocycles. The highest BCUT2D eigenvalue weighted by Gasteiger charge is 2.30. The molecule has 0 amide bonds. The van der Waals surface area contributed by atoms with Crippen LogP contribution >= 0.6 is 11.8 Å². The molecule has 0 radical (unpaired) electrons. The highest BCUT2D eigenvalue weighted by molar-refractivity contribution is 7.99. The van der Waals surface area contributed by atoms with Crippen LogP contribution in [0.5, 0.6) is 0 Å². The molecular formula is C13H21N3O2S2. The van der Waals surface area contributed by atoms with E-state index in [0.29, 0.717) is 11.1 Å². The minimum Gasteiger partial charge on any atom is -0.372 e. The topological polar surface area (TPSA) is 71.1 Å². The van der Waals surface area contributed by atoms with E-state index in [1.54, 1.807) is 37.1 Å². The van der Waals surface area contributed by atoms with Gasteiger partial charge in [0.1, 0.15) is 10.7 Å². The Kier molecular flexibility index (Phi) is 5.29. The van der Waals surface area contributed by atoms with Gasteiger partial charge in [-0.15, -0.1) is 0 Å². The van der Waals surface area contributed by atoms with Crippen LogP contribution in [0.25, 0.3) is 0 Å². The van der Waals surface area contributed by atoms with Crippen LogP contribution in [0.4, 0.5) is 5.82 Å². The van der Waals surface area contributed by atoms with E-state index in [2.05, 4.69) is 15.0 Å². The zero-order valence-corrected chi connectivity index (χ0v) is 13.4. The molecule has 20 heavy (non-hydrogen) atoms. The summed E-state index contributed by atoms with van der Waals surface area (Å²) < 4.78 is 27.9. The number of anilines is 1. The predicted octanol–water partition coefficient (Wildman–Crippen LogP) is 2.08. The number of aromatic nitrogens is 1. The smallest absolute Gasteiger partial charge is 0.244 e. The van der Waals surface area contributed by atoms with Crippen LogP contribution in [-0.4, -0.2) is 38.0 Å². The van der Waals surface area contributed by atoms with Crippen molar-refractivity contribution in [3.63, 3.8) is 0 Å². The first-order valence-corrected chi connectivity index (χ1v) is 9.53. The molecule has 0 spiro atoms. The Morgan fingerprint density at radius 2 is 2.10 bits per heavy atom. The van der Waals surface area contributed by atoms with Gasteiger partial charge in [0.05, 0.1) is 0 Å². The fourth-order valence-electron chi connectivity index (χ4n) is 2.57. The molecule has 5 nitrogen and oxygen atoms in total. The number of hydrogen-bond donors (Lipinski definition) is 2. The van der Waals surface area contributed by atoms with Gasteiger partial charge in [0.25, 0.3) is 0 Å². The summed E-state index contributed by atoms with van der Waals surface area (Å²) in [7, 11) is -1.86. The second-order valence-corrected chi connectivity index (χ2v) is 7.65. The second-order valence-electron chi connectivity index (χ2n) is 4.89. The largest absolute Gasteiger partial charge is 0.372 e. The van der Waals surface area contributed by atoms with E-state index in [4.69, 9.17) is 0 Å². The molecule has 7 heteroatoms. The summed E-state index contributed by atoms with van der Waals surface area (Å²) >= 11 is 1.74. The molecule has 1 aliphatic carbocycles. The minimum absolute atomic E-state index is 0.00802. The van der Waals surface area contributed by atoms with Crippen molar-refractivity contribution in [2.45, 2.75) is 41.9 Å². The van der Waals surface area contributed by atoms with Crippen molar-refractivity contribution in [1.29, 1.82) is 0 Å². The van der Waals surface area contributed by atoms with Crippen LogP contribution in [0.1, 0.15) is 25.7 Å². The summed E-state index contributed by atoms with van der Waals surface area (Å²) in [6.45, 7) is 0. The van der Waals surface area contributed by atoms with E-state index in [-0.39, 0.29) is 10.9 Å². The zero-order valence-electron chi connectivity index (χ0n) is 11.8. The molecule has 112 valence electrons. The van der Waals surface area contributed by atoms with Gasteiger partial charge >= 0.3 is 0 Å². The van der Waals surface area contributed by atoms with E-state index < -0.39 is 10.0 Å². The first kappa shape index (κ1) is 15.6. The Bertz CT molecular complexity index is 548. The lowest BCUT2D eigenvalue weighted by Gasteiger charge is -2.30. The van der Waals surface area contributed by atoms with Crippen LogP contribution in [0.15, 0.2) is 23.2 Å². The normalized spacial score (nSPS) is 23.5. The third-order valence-corrected chi connectivity index (χ3v) is 6.30. The number of nitrogens with one attached hydrogen (secondary N) is 2. The maximum absolute atomic E-state index is 12.5. The van der Waals surface area contributed by atoms with Crippen molar-refractivity contribution >= 4 is 27.6 Å². The van der Waals surface area contributed by atoms with Gasteiger partial charge in [0, 0.05) is 24.5 Å². The van der Waals surface area contributed by atoms with E-state index in [1.165, 1.54) is 6.42 Å². The van der Waals surface area contributed by atoms with Crippen molar-refractivity contribution in [3.05, 3.63) is 18.3 Å². The third kappa shape index (κ3) is 3.45. The predicted molar refractivity (Wildman–Crippen MR) is 83.7 cm³/mol. The maximum Gasteiger partial charge on any atom is 0.244 e. The van der Waals surface area contributed by atoms with Crippen LogP contribution in [-0.2, 0) is 10.0 Å². The summed E-state index contributed by atoms with van der Waals surface area (Å²) in [5.74, 6) is 0.386. The first-order valence-electron chi connectivity index (χ1n) is 6.76. The van der Waals surface area contributed by atoms with Crippen LogP contribution < -0.4 is 10.0 Å². The quantitative estimate of drug-likeness (QED) is 0.870. The average molecular weight is 315 g/mol. The molecule has 2 rings (SSSR count). The lowest BCUT2D eigenvalue weighted by Crippen LogP contribution is -2.43. The number of thioether (sulfide) groups is 1. The van der Waals surface area contributed by atoms with E-state index in [9.17, 15) is 8.42 Å². The third-order valence-electron chi connectivity index (χ3n) is 3.61. The summed E-state index contributed by atoms with van der Waals surface area (Å²) in [5, 5.41) is 3.18. The van der Waals surface area contributed by atoms with Crippen LogP contribution in [0.3, 0.4) is 0 Å². The lowest BCUT2D eigenvalue weighted by atomic mass is 9.96. The van der Waals surface area contributed by atoms with E-state index in [0.717, 1.165) is 19.3 Å². The van der Waals surface area contributed by atoms with Gasteiger partial charge in [-0.05, 0) is 31.2 Å². The van der Waals surface area contributed by atoms with Gasteiger partial charge in [-0.2, -0.15) is 11.8 Å². The number of hydrogen-bond acceptors (Lipinski definition) is 5. The molecule has 1 saturated carbocycles. The molecule has 1 aromatic rings. The molecule has 1 fully saturated rings. The van der Waals surface area contributed by atoms with Crippen molar-refractivity contribution in [3.8, 4) is 0 Å². The Hall–Kier alpha value is -0.790. The van der Waals surface area contributed by atoms with Gasteiger partial charge in [-0.3, -0.25) is 0 Å². The summed E-state index contributed by atoms with van der Waals surface area (Å²) in [5.41, 5.74) is 0. The number of pyridine rings is 1. The standard InChI is InChI=1S/C13H21N3O2S2/c1-14-13-12(8-5-9-15-13)20(17,18)16-10-6-3-4-7-11(10)19-2/h5,8-11,16H,3-4,6-7H2,1-2H3,(H,14,15). The molecule has 2 unspecified atom stereocenters. The van der Waals surface area contributed by atoms with Crippen molar-refractivity contribution in [1.82, 2.24) is 9.71 Å². The van der Waals surface area contributed by atoms with Gasteiger partial charge in [-0.25, -0.2) is 18.1 Å². The van der Waals surface area contributed by atoms with Crippen molar-refractivity contribution < 1.29 is 8.42 Å². The Labute approximate surface area is 125 Å². The van der Waals surface area contributed by atoms with Gasteiger partial charge in [0.2, 0.25) is 10.0 Å². The Morgan fingerprint density at radius 1 is 1.35 bits per heavy atom. The van der Waals surface area contributed by atoms with E-state index >= 15 is 0 Å². The highest BCUT2D eigenvalue weighted by atomic mass is 32.2. The highest BCUT2D eigenvalue weighted by Crippen LogP contribution is 2.29. The van der Waals surface area contributed by atoms with Gasteiger partial charge in [-0.1, -0.05) is 12.8 Å². The average Bonchev–Trinajstić information content (AvgIpc) is 2.47. The fourth-order valence-corrected chi connectivity index (χ4v) is 5.07.